The number of benzene rings is 1. The highest BCUT2D eigenvalue weighted by Crippen LogP contribution is 2.09. The Hall–Kier alpha value is -1.44. The van der Waals surface area contributed by atoms with Gasteiger partial charge in [-0.05, 0) is 19.1 Å². The first-order valence-electron chi connectivity index (χ1n) is 4.31. The van der Waals surface area contributed by atoms with Gasteiger partial charge in [-0.1, -0.05) is 24.8 Å². The minimum atomic E-state index is 0.415. The first-order chi connectivity index (χ1) is 6.33. The maximum Gasteiger partial charge on any atom is 0.145 e. The van der Waals surface area contributed by atoms with E-state index in [-0.39, 0.29) is 0 Å². The minimum absolute atomic E-state index is 0.415. The van der Waals surface area contributed by atoms with E-state index >= 15 is 0 Å². The van der Waals surface area contributed by atoms with Gasteiger partial charge in [-0.3, -0.25) is 0 Å². The van der Waals surface area contributed by atoms with E-state index in [0.29, 0.717) is 19.0 Å². The second kappa shape index (κ2) is 5.25. The lowest BCUT2D eigenvalue weighted by molar-refractivity contribution is 0.182. The van der Waals surface area contributed by atoms with Crippen molar-refractivity contribution >= 4 is 0 Å². The Morgan fingerprint density at radius 3 is 2.62 bits per heavy atom. The summed E-state index contributed by atoms with van der Waals surface area (Å²) in [7, 11) is 0. The van der Waals surface area contributed by atoms with Crippen molar-refractivity contribution in [3.8, 4) is 5.75 Å². The third-order valence-corrected chi connectivity index (χ3v) is 1.49. The van der Waals surface area contributed by atoms with Crippen molar-refractivity contribution < 1.29 is 9.47 Å². The smallest absolute Gasteiger partial charge is 0.145 e. The number of rotatable bonds is 5. The molecule has 0 aliphatic heterocycles. The molecule has 1 aromatic rings. The summed E-state index contributed by atoms with van der Waals surface area (Å²) < 4.78 is 10.5. The Balaban J connectivity index is 2.31. The van der Waals surface area contributed by atoms with Gasteiger partial charge in [-0.2, -0.15) is 0 Å². The Morgan fingerprint density at radius 1 is 1.31 bits per heavy atom. The molecule has 0 amide bonds. The van der Waals surface area contributed by atoms with Crippen molar-refractivity contribution in [1.82, 2.24) is 0 Å². The van der Waals surface area contributed by atoms with Gasteiger partial charge < -0.3 is 9.47 Å². The largest absolute Gasteiger partial charge is 0.495 e. The van der Waals surface area contributed by atoms with E-state index < -0.39 is 0 Å². The summed E-state index contributed by atoms with van der Waals surface area (Å²) in [6.07, 6.45) is 0. The van der Waals surface area contributed by atoms with Gasteiger partial charge in [0.05, 0.1) is 6.61 Å². The number of hydrogen-bond donors (Lipinski definition) is 0. The molecule has 0 fully saturated rings. The van der Waals surface area contributed by atoms with Gasteiger partial charge in [-0.25, -0.2) is 0 Å². The molecule has 0 aromatic heterocycles. The predicted octanol–water partition coefficient (Wildman–Crippen LogP) is 2.62. The van der Waals surface area contributed by atoms with Gasteiger partial charge in [0.1, 0.15) is 18.1 Å². The van der Waals surface area contributed by atoms with Crippen LogP contribution in [-0.2, 0) is 4.74 Å². The molecule has 0 N–H and O–H groups in total. The zero-order chi connectivity index (χ0) is 9.52. The SMILES string of the molecule is C=C(COc1ccccc1)OCC. The quantitative estimate of drug-likeness (QED) is 0.645. The predicted molar refractivity (Wildman–Crippen MR) is 52.7 cm³/mol. The van der Waals surface area contributed by atoms with Gasteiger partial charge in [0.15, 0.2) is 0 Å². The molecular weight excluding hydrogens is 164 g/mol. The highest BCUT2D eigenvalue weighted by atomic mass is 16.5. The molecule has 0 heterocycles. The standard InChI is InChI=1S/C11H14O2/c1-3-12-10(2)9-13-11-7-5-4-6-8-11/h4-8H,2-3,9H2,1H3. The number of hydrogen-bond acceptors (Lipinski definition) is 2. The van der Waals surface area contributed by atoms with Crippen molar-refractivity contribution in [3.63, 3.8) is 0 Å². The molecule has 0 saturated carbocycles. The molecular formula is C11H14O2. The first kappa shape index (κ1) is 9.65. The van der Waals surface area contributed by atoms with Crippen LogP contribution in [-0.4, -0.2) is 13.2 Å². The first-order valence-corrected chi connectivity index (χ1v) is 4.31. The fraction of sp³-hybridized carbons (Fsp3) is 0.273. The molecule has 0 unspecified atom stereocenters. The van der Waals surface area contributed by atoms with Crippen LogP contribution in [0.2, 0.25) is 0 Å². The van der Waals surface area contributed by atoms with Crippen molar-refractivity contribution in [2.45, 2.75) is 6.92 Å². The molecule has 0 radical (unpaired) electrons. The van der Waals surface area contributed by atoms with Crippen molar-refractivity contribution in [2.24, 2.45) is 0 Å². The Labute approximate surface area is 78.8 Å². The lowest BCUT2D eigenvalue weighted by atomic mass is 10.3. The zero-order valence-electron chi connectivity index (χ0n) is 7.82. The van der Waals surface area contributed by atoms with E-state index in [1.54, 1.807) is 0 Å². The average molecular weight is 178 g/mol. The Bertz CT molecular complexity index is 254. The average Bonchev–Trinajstić information content (AvgIpc) is 2.17. The maximum atomic E-state index is 5.40. The highest BCUT2D eigenvalue weighted by molar-refractivity contribution is 5.21. The molecule has 70 valence electrons. The molecule has 0 spiro atoms. The maximum absolute atomic E-state index is 5.40. The molecule has 0 aliphatic carbocycles. The summed E-state index contributed by atoms with van der Waals surface area (Å²) in [6.45, 7) is 6.69. The fourth-order valence-electron chi connectivity index (χ4n) is 0.926. The molecule has 0 aliphatic rings. The van der Waals surface area contributed by atoms with E-state index in [4.69, 9.17) is 9.47 Å². The Kier molecular flexibility index (Phi) is 3.89. The van der Waals surface area contributed by atoms with Gasteiger partial charge in [0.25, 0.3) is 0 Å². The van der Waals surface area contributed by atoms with Gasteiger partial charge in [0.2, 0.25) is 0 Å². The molecule has 13 heavy (non-hydrogen) atoms. The van der Waals surface area contributed by atoms with Crippen LogP contribution in [0.5, 0.6) is 5.75 Å². The molecule has 0 atom stereocenters. The normalized spacial score (nSPS) is 9.31. The summed E-state index contributed by atoms with van der Waals surface area (Å²) in [5, 5.41) is 0. The van der Waals surface area contributed by atoms with Crippen LogP contribution in [0, 0.1) is 0 Å². The van der Waals surface area contributed by atoms with Crippen LogP contribution in [0.15, 0.2) is 42.7 Å². The second-order valence-corrected chi connectivity index (χ2v) is 2.57. The van der Waals surface area contributed by atoms with Crippen LogP contribution in [0.1, 0.15) is 6.92 Å². The fourth-order valence-corrected chi connectivity index (χ4v) is 0.926. The van der Waals surface area contributed by atoms with Crippen molar-refractivity contribution in [1.29, 1.82) is 0 Å². The lowest BCUT2D eigenvalue weighted by Gasteiger charge is -2.08. The monoisotopic (exact) mass is 178 g/mol. The zero-order valence-corrected chi connectivity index (χ0v) is 7.82. The molecule has 0 bridgehead atoms. The molecule has 1 rings (SSSR count). The molecule has 1 aromatic carbocycles. The summed E-state index contributed by atoms with van der Waals surface area (Å²) in [4.78, 5) is 0. The van der Waals surface area contributed by atoms with Crippen molar-refractivity contribution in [3.05, 3.63) is 42.7 Å². The third kappa shape index (κ3) is 3.65. The topological polar surface area (TPSA) is 18.5 Å². The highest BCUT2D eigenvalue weighted by Gasteiger charge is 1.94. The third-order valence-electron chi connectivity index (χ3n) is 1.49. The lowest BCUT2D eigenvalue weighted by Crippen LogP contribution is -2.03. The number of ether oxygens (including phenoxy) is 2. The molecule has 0 saturated heterocycles. The van der Waals surface area contributed by atoms with Gasteiger partial charge in [-0.15, -0.1) is 0 Å². The van der Waals surface area contributed by atoms with Crippen molar-refractivity contribution in [2.75, 3.05) is 13.2 Å². The van der Waals surface area contributed by atoms with E-state index in [1.165, 1.54) is 0 Å². The van der Waals surface area contributed by atoms with E-state index in [9.17, 15) is 0 Å². The van der Waals surface area contributed by atoms with E-state index in [1.807, 2.05) is 37.3 Å². The van der Waals surface area contributed by atoms with Gasteiger partial charge in [0, 0.05) is 0 Å². The molecule has 2 heteroatoms. The van der Waals surface area contributed by atoms with E-state index in [2.05, 4.69) is 6.58 Å². The summed E-state index contributed by atoms with van der Waals surface area (Å²) >= 11 is 0. The van der Waals surface area contributed by atoms with E-state index in [0.717, 1.165) is 5.75 Å². The second-order valence-electron chi connectivity index (χ2n) is 2.57. The van der Waals surface area contributed by atoms with Crippen LogP contribution < -0.4 is 4.74 Å². The minimum Gasteiger partial charge on any atom is -0.495 e. The molecule has 2 nitrogen and oxygen atoms in total. The summed E-state index contributed by atoms with van der Waals surface area (Å²) in [5.74, 6) is 1.50. The summed E-state index contributed by atoms with van der Waals surface area (Å²) in [5.41, 5.74) is 0. The summed E-state index contributed by atoms with van der Waals surface area (Å²) in [6, 6.07) is 9.61. The number of para-hydroxylation sites is 1. The van der Waals surface area contributed by atoms with Crippen LogP contribution >= 0.6 is 0 Å². The van der Waals surface area contributed by atoms with Crippen LogP contribution in [0.3, 0.4) is 0 Å². The van der Waals surface area contributed by atoms with Gasteiger partial charge >= 0.3 is 0 Å². The Morgan fingerprint density at radius 2 is 2.00 bits per heavy atom. The van der Waals surface area contributed by atoms with Crippen LogP contribution in [0.4, 0.5) is 0 Å². The van der Waals surface area contributed by atoms with Crippen LogP contribution in [0.25, 0.3) is 0 Å².